The fourth-order valence-electron chi connectivity index (χ4n) is 2.98. The molecule has 2 aliphatic rings. The van der Waals surface area contributed by atoms with E-state index in [1.807, 2.05) is 18.2 Å². The molecule has 2 aromatic rings. The molecular formula is C16H14ClN3O2. The Hall–Kier alpha value is -2.40. The normalized spacial score (nSPS) is 19.2. The lowest BCUT2D eigenvalue weighted by atomic mass is 10.0. The molecule has 0 radical (unpaired) electrons. The van der Waals surface area contributed by atoms with E-state index in [1.165, 1.54) is 6.07 Å². The molecule has 0 fully saturated rings. The number of rotatable bonds is 1. The van der Waals surface area contributed by atoms with Crippen LogP contribution in [0.5, 0.6) is 11.5 Å². The molecular weight excluding hydrogens is 302 g/mol. The van der Waals surface area contributed by atoms with E-state index in [1.54, 1.807) is 12.1 Å². The first-order valence-electron chi connectivity index (χ1n) is 7.03. The summed E-state index contributed by atoms with van der Waals surface area (Å²) in [5, 5.41) is 23.4. The number of phenols is 2. The Labute approximate surface area is 132 Å². The number of hydrogen-bond donors (Lipinski definition) is 3. The van der Waals surface area contributed by atoms with Crippen LogP contribution in [0.3, 0.4) is 0 Å². The summed E-state index contributed by atoms with van der Waals surface area (Å²) in [6, 6.07) is 10.5. The molecule has 0 amide bonds. The van der Waals surface area contributed by atoms with Crippen LogP contribution < -0.4 is 5.32 Å². The van der Waals surface area contributed by atoms with E-state index in [0.717, 1.165) is 35.7 Å². The van der Waals surface area contributed by atoms with Gasteiger partial charge in [-0.3, -0.25) is 4.99 Å². The lowest BCUT2D eigenvalue weighted by Crippen LogP contribution is -2.41. The molecule has 1 unspecified atom stereocenters. The maximum Gasteiger partial charge on any atom is 0.157 e. The minimum atomic E-state index is -0.154. The number of aliphatic imine (C=N–C) groups is 1. The Kier molecular flexibility index (Phi) is 2.90. The van der Waals surface area contributed by atoms with E-state index in [-0.39, 0.29) is 17.7 Å². The van der Waals surface area contributed by atoms with Gasteiger partial charge in [0.05, 0.1) is 6.54 Å². The number of aromatic hydroxyl groups is 2. The van der Waals surface area contributed by atoms with Gasteiger partial charge in [-0.05, 0) is 35.9 Å². The molecule has 2 aliphatic heterocycles. The van der Waals surface area contributed by atoms with Crippen LogP contribution in [0, 0.1) is 0 Å². The van der Waals surface area contributed by atoms with Gasteiger partial charge < -0.3 is 20.4 Å². The molecule has 1 atom stereocenters. The number of fused-ring (bicyclic) bond motifs is 3. The second-order valence-electron chi connectivity index (χ2n) is 5.38. The maximum atomic E-state index is 9.76. The predicted octanol–water partition coefficient (Wildman–Crippen LogP) is 2.94. The molecule has 0 saturated carbocycles. The summed E-state index contributed by atoms with van der Waals surface area (Å²) in [5.41, 5.74) is 2.80. The smallest absolute Gasteiger partial charge is 0.157 e. The number of phenolic OH excluding ortho intramolecular Hbond substituents is 2. The highest BCUT2D eigenvalue weighted by molar-refractivity contribution is 6.31. The topological polar surface area (TPSA) is 68.1 Å². The number of halogens is 1. The Morgan fingerprint density at radius 1 is 1.14 bits per heavy atom. The molecule has 2 heterocycles. The zero-order valence-corrected chi connectivity index (χ0v) is 12.4. The third-order valence-electron chi connectivity index (χ3n) is 4.02. The van der Waals surface area contributed by atoms with Crippen LogP contribution in [0.2, 0.25) is 5.02 Å². The standard InChI is InChI=1S/C16H14ClN3O2/c17-10-2-3-11-12(8-10)19-15(20-6-5-18-16(11)20)9-1-4-13(21)14(22)7-9/h1-4,7-8,15,19,21-22H,5-6H2. The van der Waals surface area contributed by atoms with E-state index >= 15 is 0 Å². The summed E-state index contributed by atoms with van der Waals surface area (Å²) in [5.74, 6) is 0.676. The van der Waals surface area contributed by atoms with Crippen molar-refractivity contribution >= 4 is 23.1 Å². The van der Waals surface area contributed by atoms with Crippen LogP contribution in [0.25, 0.3) is 0 Å². The van der Waals surface area contributed by atoms with Gasteiger partial charge in [0.1, 0.15) is 12.0 Å². The van der Waals surface area contributed by atoms with E-state index in [9.17, 15) is 10.2 Å². The average Bonchev–Trinajstić information content (AvgIpc) is 2.98. The van der Waals surface area contributed by atoms with Gasteiger partial charge in [0.15, 0.2) is 11.5 Å². The van der Waals surface area contributed by atoms with Crippen molar-refractivity contribution in [3.63, 3.8) is 0 Å². The Morgan fingerprint density at radius 3 is 2.82 bits per heavy atom. The Balaban J connectivity index is 1.81. The quantitative estimate of drug-likeness (QED) is 0.708. The minimum absolute atomic E-state index is 0.127. The highest BCUT2D eigenvalue weighted by Gasteiger charge is 2.33. The van der Waals surface area contributed by atoms with Gasteiger partial charge in [-0.1, -0.05) is 17.7 Å². The summed E-state index contributed by atoms with van der Waals surface area (Å²) in [6.45, 7) is 1.54. The van der Waals surface area contributed by atoms with E-state index in [4.69, 9.17) is 11.6 Å². The molecule has 0 bridgehead atoms. The van der Waals surface area contributed by atoms with Gasteiger partial charge in [-0.15, -0.1) is 0 Å². The Bertz CT molecular complexity index is 791. The van der Waals surface area contributed by atoms with Crippen molar-refractivity contribution in [2.45, 2.75) is 6.17 Å². The first kappa shape index (κ1) is 13.3. The largest absolute Gasteiger partial charge is 0.504 e. The summed E-state index contributed by atoms with van der Waals surface area (Å²) in [4.78, 5) is 6.75. The molecule has 4 rings (SSSR count). The van der Waals surface area contributed by atoms with Gasteiger partial charge in [-0.2, -0.15) is 0 Å². The van der Waals surface area contributed by atoms with Crippen LogP contribution in [0.4, 0.5) is 5.69 Å². The zero-order valence-electron chi connectivity index (χ0n) is 11.6. The van der Waals surface area contributed by atoms with E-state index < -0.39 is 0 Å². The molecule has 0 saturated heterocycles. The molecule has 5 nitrogen and oxygen atoms in total. The molecule has 0 aliphatic carbocycles. The number of anilines is 1. The number of nitrogens with one attached hydrogen (secondary N) is 1. The zero-order chi connectivity index (χ0) is 15.3. The second kappa shape index (κ2) is 4.81. The van der Waals surface area contributed by atoms with Crippen molar-refractivity contribution in [2.24, 2.45) is 4.99 Å². The van der Waals surface area contributed by atoms with Gasteiger partial charge >= 0.3 is 0 Å². The molecule has 0 spiro atoms. The molecule has 0 aromatic heterocycles. The second-order valence-corrected chi connectivity index (χ2v) is 5.82. The summed E-state index contributed by atoms with van der Waals surface area (Å²) in [6.07, 6.45) is -0.154. The first-order chi connectivity index (χ1) is 10.6. The van der Waals surface area contributed by atoms with Crippen LogP contribution in [-0.4, -0.2) is 34.0 Å². The summed E-state index contributed by atoms with van der Waals surface area (Å²) < 4.78 is 0. The number of hydrogen-bond acceptors (Lipinski definition) is 5. The number of nitrogens with zero attached hydrogens (tertiary/aromatic N) is 2. The third kappa shape index (κ3) is 1.97. The summed E-state index contributed by atoms with van der Waals surface area (Å²) in [7, 11) is 0. The summed E-state index contributed by atoms with van der Waals surface area (Å²) >= 11 is 6.09. The monoisotopic (exact) mass is 315 g/mol. The van der Waals surface area contributed by atoms with Gasteiger partial charge in [0.2, 0.25) is 0 Å². The van der Waals surface area contributed by atoms with Crippen LogP contribution in [0.15, 0.2) is 41.4 Å². The fourth-order valence-corrected chi connectivity index (χ4v) is 3.15. The average molecular weight is 316 g/mol. The van der Waals surface area contributed by atoms with Crippen LogP contribution in [-0.2, 0) is 0 Å². The van der Waals surface area contributed by atoms with Gasteiger partial charge in [-0.25, -0.2) is 0 Å². The predicted molar refractivity (Wildman–Crippen MR) is 85.7 cm³/mol. The van der Waals surface area contributed by atoms with Gasteiger partial charge in [0, 0.05) is 22.8 Å². The number of benzene rings is 2. The van der Waals surface area contributed by atoms with Crippen molar-refractivity contribution in [2.75, 3.05) is 18.4 Å². The molecule has 112 valence electrons. The van der Waals surface area contributed by atoms with Crippen LogP contribution >= 0.6 is 11.6 Å². The molecule has 6 heteroatoms. The third-order valence-corrected chi connectivity index (χ3v) is 4.25. The van der Waals surface area contributed by atoms with Crippen LogP contribution in [0.1, 0.15) is 17.3 Å². The highest BCUT2D eigenvalue weighted by atomic mass is 35.5. The lowest BCUT2D eigenvalue weighted by molar-refractivity contribution is 0.365. The Morgan fingerprint density at radius 2 is 2.00 bits per heavy atom. The van der Waals surface area contributed by atoms with Crippen molar-refractivity contribution in [3.05, 3.63) is 52.5 Å². The SMILES string of the molecule is Oc1ccc(C2Nc3cc(Cl)ccc3C3=NCCN32)cc1O. The molecule has 2 aromatic carbocycles. The molecule has 3 N–H and O–H groups in total. The van der Waals surface area contributed by atoms with E-state index in [2.05, 4.69) is 15.2 Å². The van der Waals surface area contributed by atoms with Crippen molar-refractivity contribution < 1.29 is 10.2 Å². The highest BCUT2D eigenvalue weighted by Crippen LogP contribution is 2.38. The van der Waals surface area contributed by atoms with Crippen molar-refractivity contribution in [1.29, 1.82) is 0 Å². The first-order valence-corrected chi connectivity index (χ1v) is 7.41. The minimum Gasteiger partial charge on any atom is -0.504 e. The maximum absolute atomic E-state index is 9.76. The van der Waals surface area contributed by atoms with Crippen molar-refractivity contribution in [1.82, 2.24) is 4.90 Å². The molecule has 22 heavy (non-hydrogen) atoms. The van der Waals surface area contributed by atoms with Crippen molar-refractivity contribution in [3.8, 4) is 11.5 Å². The van der Waals surface area contributed by atoms with E-state index in [0.29, 0.717) is 5.02 Å². The van der Waals surface area contributed by atoms with Gasteiger partial charge in [0.25, 0.3) is 0 Å². The number of amidine groups is 1. The lowest BCUT2D eigenvalue weighted by Gasteiger charge is -2.37. The fraction of sp³-hybridized carbons (Fsp3) is 0.188.